The number of thioether (sulfide) groups is 1. The van der Waals surface area contributed by atoms with Crippen LogP contribution in [0.15, 0.2) is 29.3 Å². The SMILES string of the molecule is Cc1ccc([C@H](Br)C(=O)NC2=NCCS2)cc1. The highest BCUT2D eigenvalue weighted by Gasteiger charge is 2.19. The molecule has 1 heterocycles. The Bertz CT molecular complexity index is 444. The molecular formula is C12H13BrN2OS. The number of nitrogens with zero attached hydrogens (tertiary/aromatic N) is 1. The van der Waals surface area contributed by atoms with Crippen LogP contribution in [0, 0.1) is 6.92 Å². The number of carbonyl (C=O) groups is 1. The average molecular weight is 313 g/mol. The number of amidine groups is 1. The average Bonchev–Trinajstić information content (AvgIpc) is 2.82. The van der Waals surface area contributed by atoms with E-state index < -0.39 is 0 Å². The number of benzene rings is 1. The van der Waals surface area contributed by atoms with Gasteiger partial charge in [0.1, 0.15) is 4.83 Å². The van der Waals surface area contributed by atoms with E-state index in [1.165, 1.54) is 5.56 Å². The third-order valence-corrected chi connectivity index (χ3v) is 4.25. The minimum atomic E-state index is -0.327. The van der Waals surface area contributed by atoms with Gasteiger partial charge in [-0.15, -0.1) is 0 Å². The smallest absolute Gasteiger partial charge is 0.244 e. The van der Waals surface area contributed by atoms with Crippen LogP contribution in [-0.2, 0) is 4.79 Å². The van der Waals surface area contributed by atoms with E-state index in [0.717, 1.165) is 23.0 Å². The molecule has 0 aromatic heterocycles. The summed E-state index contributed by atoms with van der Waals surface area (Å²) in [6.07, 6.45) is 0. The molecule has 0 saturated heterocycles. The van der Waals surface area contributed by atoms with E-state index in [4.69, 9.17) is 0 Å². The van der Waals surface area contributed by atoms with Gasteiger partial charge in [0.15, 0.2) is 5.17 Å². The summed E-state index contributed by atoms with van der Waals surface area (Å²) in [6, 6.07) is 7.91. The van der Waals surface area contributed by atoms with Gasteiger partial charge in [-0.2, -0.15) is 0 Å². The highest BCUT2D eigenvalue weighted by atomic mass is 79.9. The molecule has 1 aromatic rings. The van der Waals surface area contributed by atoms with Gasteiger partial charge in [0.25, 0.3) is 0 Å². The van der Waals surface area contributed by atoms with Crippen LogP contribution >= 0.6 is 27.7 Å². The first-order chi connectivity index (χ1) is 8.16. The Labute approximate surface area is 113 Å². The normalized spacial score (nSPS) is 16.5. The predicted molar refractivity (Wildman–Crippen MR) is 75.7 cm³/mol. The molecule has 1 N–H and O–H groups in total. The molecule has 3 nitrogen and oxygen atoms in total. The molecule has 0 fully saturated rings. The van der Waals surface area contributed by atoms with Crippen molar-refractivity contribution in [1.29, 1.82) is 0 Å². The van der Waals surface area contributed by atoms with Crippen LogP contribution in [0.1, 0.15) is 16.0 Å². The van der Waals surface area contributed by atoms with Crippen molar-refractivity contribution in [1.82, 2.24) is 5.32 Å². The van der Waals surface area contributed by atoms with Gasteiger partial charge in [0.2, 0.25) is 5.91 Å². The van der Waals surface area contributed by atoms with Crippen molar-refractivity contribution in [2.75, 3.05) is 12.3 Å². The monoisotopic (exact) mass is 312 g/mol. The second-order valence-corrected chi connectivity index (χ2v) is 5.80. The van der Waals surface area contributed by atoms with Crippen molar-refractivity contribution in [3.8, 4) is 0 Å². The summed E-state index contributed by atoms with van der Waals surface area (Å²) in [7, 11) is 0. The van der Waals surface area contributed by atoms with Crippen molar-refractivity contribution in [3.05, 3.63) is 35.4 Å². The molecule has 2 rings (SSSR count). The Hall–Kier alpha value is -0.810. The first kappa shape index (κ1) is 12.6. The molecule has 0 aliphatic carbocycles. The Morgan fingerprint density at radius 2 is 2.18 bits per heavy atom. The number of nitrogens with one attached hydrogen (secondary N) is 1. The lowest BCUT2D eigenvalue weighted by atomic mass is 10.1. The molecule has 1 aromatic carbocycles. The quantitative estimate of drug-likeness (QED) is 0.853. The molecule has 0 unspecified atom stereocenters. The third-order valence-electron chi connectivity index (χ3n) is 2.42. The van der Waals surface area contributed by atoms with Gasteiger partial charge in [-0.3, -0.25) is 9.79 Å². The van der Waals surface area contributed by atoms with Crippen molar-refractivity contribution >= 4 is 38.8 Å². The van der Waals surface area contributed by atoms with Crippen molar-refractivity contribution in [2.45, 2.75) is 11.8 Å². The van der Waals surface area contributed by atoms with E-state index in [0.29, 0.717) is 0 Å². The van der Waals surface area contributed by atoms with Gasteiger partial charge >= 0.3 is 0 Å². The summed E-state index contributed by atoms with van der Waals surface area (Å²) in [4.78, 5) is 15.8. The fourth-order valence-electron chi connectivity index (χ4n) is 1.47. The summed E-state index contributed by atoms with van der Waals surface area (Å²) in [5.74, 6) is 0.884. The molecule has 1 aliphatic heterocycles. The predicted octanol–water partition coefficient (Wildman–Crippen LogP) is 2.65. The van der Waals surface area contributed by atoms with E-state index in [2.05, 4.69) is 26.2 Å². The summed E-state index contributed by atoms with van der Waals surface area (Å²) in [6.45, 7) is 2.81. The molecule has 1 atom stereocenters. The summed E-state index contributed by atoms with van der Waals surface area (Å²) in [5.41, 5.74) is 2.14. The summed E-state index contributed by atoms with van der Waals surface area (Å²) >= 11 is 4.99. The lowest BCUT2D eigenvalue weighted by Gasteiger charge is -2.10. The number of aryl methyl sites for hydroxylation is 1. The standard InChI is InChI=1S/C12H13BrN2OS/c1-8-2-4-9(5-3-8)10(13)11(16)15-12-14-6-7-17-12/h2-5,10H,6-7H2,1H3,(H,14,15,16)/t10-/m0/s1. The van der Waals surface area contributed by atoms with Gasteiger partial charge < -0.3 is 5.32 Å². The molecule has 0 saturated carbocycles. The van der Waals surface area contributed by atoms with Gasteiger partial charge in [-0.05, 0) is 12.5 Å². The second-order valence-electron chi connectivity index (χ2n) is 3.80. The number of amides is 1. The van der Waals surface area contributed by atoms with E-state index in [1.54, 1.807) is 11.8 Å². The van der Waals surface area contributed by atoms with Crippen LogP contribution in [0.3, 0.4) is 0 Å². The first-order valence-electron chi connectivity index (χ1n) is 5.35. The van der Waals surface area contributed by atoms with Crippen LogP contribution < -0.4 is 5.32 Å². The molecular weight excluding hydrogens is 300 g/mol. The van der Waals surface area contributed by atoms with Gasteiger partial charge in [0.05, 0.1) is 6.54 Å². The van der Waals surface area contributed by atoms with Gasteiger partial charge in [0, 0.05) is 5.75 Å². The zero-order chi connectivity index (χ0) is 12.3. The molecule has 1 aliphatic rings. The van der Waals surface area contributed by atoms with Crippen molar-refractivity contribution in [3.63, 3.8) is 0 Å². The maximum atomic E-state index is 11.9. The molecule has 90 valence electrons. The van der Waals surface area contributed by atoms with Crippen LogP contribution in [0.2, 0.25) is 0 Å². The number of carbonyl (C=O) groups excluding carboxylic acids is 1. The van der Waals surface area contributed by atoms with Crippen LogP contribution in [0.25, 0.3) is 0 Å². The number of aliphatic imine (C=N–C) groups is 1. The Balaban J connectivity index is 2.01. The second kappa shape index (κ2) is 5.69. The lowest BCUT2D eigenvalue weighted by Crippen LogP contribution is -2.30. The highest BCUT2D eigenvalue weighted by Crippen LogP contribution is 2.23. The summed E-state index contributed by atoms with van der Waals surface area (Å²) in [5, 5.41) is 3.55. The maximum absolute atomic E-state index is 11.9. The van der Waals surface area contributed by atoms with Gasteiger partial charge in [-0.25, -0.2) is 0 Å². The van der Waals surface area contributed by atoms with Crippen LogP contribution in [0.5, 0.6) is 0 Å². The minimum absolute atomic E-state index is 0.0676. The van der Waals surface area contributed by atoms with E-state index in [1.807, 2.05) is 31.2 Å². The number of rotatable bonds is 2. The first-order valence-corrected chi connectivity index (χ1v) is 7.25. The van der Waals surface area contributed by atoms with Crippen LogP contribution in [0.4, 0.5) is 0 Å². The highest BCUT2D eigenvalue weighted by molar-refractivity contribution is 9.09. The van der Waals surface area contributed by atoms with Crippen molar-refractivity contribution < 1.29 is 4.79 Å². The third kappa shape index (κ3) is 3.33. The molecule has 1 amide bonds. The molecule has 0 radical (unpaired) electrons. The molecule has 0 spiro atoms. The summed E-state index contributed by atoms with van der Waals surface area (Å²) < 4.78 is 0. The van der Waals surface area contributed by atoms with E-state index in [-0.39, 0.29) is 10.7 Å². The zero-order valence-corrected chi connectivity index (χ0v) is 11.8. The topological polar surface area (TPSA) is 41.5 Å². The Kier molecular flexibility index (Phi) is 4.23. The maximum Gasteiger partial charge on any atom is 0.244 e. The molecule has 17 heavy (non-hydrogen) atoms. The number of alkyl halides is 1. The molecule has 5 heteroatoms. The van der Waals surface area contributed by atoms with E-state index >= 15 is 0 Å². The van der Waals surface area contributed by atoms with Gasteiger partial charge in [-0.1, -0.05) is 57.5 Å². The molecule has 0 bridgehead atoms. The number of halogens is 1. The number of hydrogen-bond acceptors (Lipinski definition) is 3. The largest absolute Gasteiger partial charge is 0.304 e. The lowest BCUT2D eigenvalue weighted by molar-refractivity contribution is -0.119. The Morgan fingerprint density at radius 3 is 2.76 bits per heavy atom. The Morgan fingerprint density at radius 1 is 1.47 bits per heavy atom. The van der Waals surface area contributed by atoms with E-state index in [9.17, 15) is 4.79 Å². The zero-order valence-electron chi connectivity index (χ0n) is 9.44. The fraction of sp³-hybridized carbons (Fsp3) is 0.333. The fourth-order valence-corrected chi connectivity index (χ4v) is 2.62. The minimum Gasteiger partial charge on any atom is -0.304 e. The van der Waals surface area contributed by atoms with Crippen molar-refractivity contribution in [2.24, 2.45) is 4.99 Å². The van der Waals surface area contributed by atoms with Crippen LogP contribution in [-0.4, -0.2) is 23.4 Å². The number of hydrogen-bond donors (Lipinski definition) is 1.